The Morgan fingerprint density at radius 3 is 2.47 bits per heavy atom. The van der Waals surface area contributed by atoms with Crippen molar-refractivity contribution in [2.24, 2.45) is 5.92 Å². The predicted octanol–water partition coefficient (Wildman–Crippen LogP) is 1.91. The van der Waals surface area contributed by atoms with E-state index >= 15 is 0 Å². The molecule has 1 fully saturated rings. The van der Waals surface area contributed by atoms with Crippen LogP contribution in [0.15, 0.2) is 30.3 Å². The monoisotopic (exact) mass is 260 g/mol. The van der Waals surface area contributed by atoms with E-state index in [9.17, 15) is 9.59 Å². The molecule has 1 aromatic rings. The van der Waals surface area contributed by atoms with E-state index in [-0.39, 0.29) is 18.4 Å². The highest BCUT2D eigenvalue weighted by molar-refractivity contribution is 5.97. The van der Waals surface area contributed by atoms with Crippen LogP contribution in [0.3, 0.4) is 0 Å². The molecule has 0 saturated carbocycles. The highest BCUT2D eigenvalue weighted by atomic mass is 16.2. The van der Waals surface area contributed by atoms with Gasteiger partial charge in [-0.25, -0.2) is 0 Å². The van der Waals surface area contributed by atoms with Crippen LogP contribution in [-0.2, 0) is 9.59 Å². The van der Waals surface area contributed by atoms with Crippen LogP contribution in [0.1, 0.15) is 20.3 Å². The fourth-order valence-electron chi connectivity index (χ4n) is 2.25. The summed E-state index contributed by atoms with van der Waals surface area (Å²) in [7, 11) is 0. The molecule has 1 heterocycles. The lowest BCUT2D eigenvalue weighted by atomic mass is 10.1. The second-order valence-corrected chi connectivity index (χ2v) is 5.29. The fourth-order valence-corrected chi connectivity index (χ4v) is 2.25. The van der Waals surface area contributed by atoms with E-state index in [0.717, 1.165) is 5.69 Å². The molecule has 1 saturated heterocycles. The number of hydrogen-bond donors (Lipinski definition) is 0. The molecule has 1 aliphatic rings. The Bertz CT molecular complexity index is 456. The van der Waals surface area contributed by atoms with Crippen molar-refractivity contribution >= 4 is 17.5 Å². The van der Waals surface area contributed by atoms with Crippen molar-refractivity contribution < 1.29 is 9.59 Å². The Balaban J connectivity index is 1.99. The maximum Gasteiger partial charge on any atom is 0.246 e. The summed E-state index contributed by atoms with van der Waals surface area (Å²) in [6.45, 7) is 5.42. The summed E-state index contributed by atoms with van der Waals surface area (Å²) in [5.41, 5.74) is 0.906. The molecule has 2 amide bonds. The maximum absolute atomic E-state index is 12.1. The van der Waals surface area contributed by atoms with Gasteiger partial charge in [0.2, 0.25) is 11.8 Å². The van der Waals surface area contributed by atoms with Gasteiger partial charge in [-0.2, -0.15) is 0 Å². The molecule has 0 atom stereocenters. The largest absolute Gasteiger partial charge is 0.332 e. The van der Waals surface area contributed by atoms with Gasteiger partial charge in [0.1, 0.15) is 6.54 Å². The quantitative estimate of drug-likeness (QED) is 0.833. The van der Waals surface area contributed by atoms with E-state index in [1.807, 2.05) is 44.2 Å². The average Bonchev–Trinajstić information content (AvgIpc) is 2.38. The van der Waals surface area contributed by atoms with Crippen molar-refractivity contribution in [1.29, 1.82) is 0 Å². The zero-order chi connectivity index (χ0) is 13.8. The van der Waals surface area contributed by atoms with E-state index < -0.39 is 0 Å². The van der Waals surface area contributed by atoms with Gasteiger partial charge in [-0.3, -0.25) is 9.59 Å². The Hall–Kier alpha value is -1.84. The highest BCUT2D eigenvalue weighted by Gasteiger charge is 2.27. The molecule has 0 spiro atoms. The van der Waals surface area contributed by atoms with Gasteiger partial charge in [-0.05, 0) is 18.1 Å². The van der Waals surface area contributed by atoms with Crippen LogP contribution in [-0.4, -0.2) is 36.3 Å². The number of para-hydroxylation sites is 1. The fraction of sp³-hybridized carbons (Fsp3) is 0.467. The molecule has 1 aromatic carbocycles. The van der Waals surface area contributed by atoms with Gasteiger partial charge in [0.05, 0.1) is 0 Å². The summed E-state index contributed by atoms with van der Waals surface area (Å²) >= 11 is 0. The first-order valence-electron chi connectivity index (χ1n) is 6.71. The van der Waals surface area contributed by atoms with E-state index in [1.165, 1.54) is 0 Å². The number of amides is 2. The average molecular weight is 260 g/mol. The first-order valence-corrected chi connectivity index (χ1v) is 6.71. The summed E-state index contributed by atoms with van der Waals surface area (Å²) in [4.78, 5) is 27.5. The molecular formula is C15H20N2O2. The SMILES string of the molecule is CC(C)CC(=O)N1CCN(c2ccccc2)C(=O)C1. The topological polar surface area (TPSA) is 40.6 Å². The minimum Gasteiger partial charge on any atom is -0.332 e. The molecule has 0 N–H and O–H groups in total. The van der Waals surface area contributed by atoms with E-state index in [0.29, 0.717) is 25.4 Å². The van der Waals surface area contributed by atoms with E-state index in [1.54, 1.807) is 9.80 Å². The third-order valence-corrected chi connectivity index (χ3v) is 3.22. The molecule has 4 heteroatoms. The maximum atomic E-state index is 12.1. The van der Waals surface area contributed by atoms with Crippen LogP contribution in [0.2, 0.25) is 0 Å². The molecule has 1 aliphatic heterocycles. The number of anilines is 1. The van der Waals surface area contributed by atoms with Crippen LogP contribution in [0.25, 0.3) is 0 Å². The number of nitrogens with zero attached hydrogens (tertiary/aromatic N) is 2. The molecule has 0 radical (unpaired) electrons. The van der Waals surface area contributed by atoms with Crippen molar-refractivity contribution in [2.45, 2.75) is 20.3 Å². The zero-order valence-corrected chi connectivity index (χ0v) is 11.5. The normalized spacial score (nSPS) is 16.1. The zero-order valence-electron chi connectivity index (χ0n) is 11.5. The summed E-state index contributed by atoms with van der Waals surface area (Å²) < 4.78 is 0. The van der Waals surface area contributed by atoms with Crippen molar-refractivity contribution in [1.82, 2.24) is 4.90 Å². The molecule has 0 unspecified atom stereocenters. The number of rotatable bonds is 3. The minimum atomic E-state index is -0.00504. The summed E-state index contributed by atoms with van der Waals surface area (Å²) in [5.74, 6) is 0.403. The van der Waals surface area contributed by atoms with Crippen LogP contribution < -0.4 is 4.90 Å². The molecule has 2 rings (SSSR count). The summed E-state index contributed by atoms with van der Waals surface area (Å²) in [6, 6.07) is 9.60. The van der Waals surface area contributed by atoms with Crippen molar-refractivity contribution in [3.05, 3.63) is 30.3 Å². The second-order valence-electron chi connectivity index (χ2n) is 5.29. The number of benzene rings is 1. The highest BCUT2D eigenvalue weighted by Crippen LogP contribution is 2.17. The Morgan fingerprint density at radius 1 is 1.21 bits per heavy atom. The molecule has 0 aromatic heterocycles. The van der Waals surface area contributed by atoms with Gasteiger partial charge in [0.25, 0.3) is 0 Å². The first-order chi connectivity index (χ1) is 9.08. The smallest absolute Gasteiger partial charge is 0.246 e. The lowest BCUT2D eigenvalue weighted by Gasteiger charge is -2.34. The van der Waals surface area contributed by atoms with Gasteiger partial charge in [0, 0.05) is 25.2 Å². The van der Waals surface area contributed by atoms with Crippen LogP contribution in [0, 0.1) is 5.92 Å². The van der Waals surface area contributed by atoms with Gasteiger partial charge in [-0.1, -0.05) is 32.0 Å². The first kappa shape index (κ1) is 13.6. The summed E-state index contributed by atoms with van der Waals surface area (Å²) in [5, 5.41) is 0. The van der Waals surface area contributed by atoms with E-state index in [2.05, 4.69) is 0 Å². The van der Waals surface area contributed by atoms with Crippen LogP contribution in [0.4, 0.5) is 5.69 Å². The predicted molar refractivity (Wildman–Crippen MR) is 74.8 cm³/mol. The number of carbonyl (C=O) groups is 2. The molecule has 0 bridgehead atoms. The van der Waals surface area contributed by atoms with Gasteiger partial charge in [-0.15, -0.1) is 0 Å². The molecule has 4 nitrogen and oxygen atoms in total. The lowest BCUT2D eigenvalue weighted by molar-refractivity contribution is -0.137. The Morgan fingerprint density at radius 2 is 1.89 bits per heavy atom. The van der Waals surface area contributed by atoms with Crippen molar-refractivity contribution in [3.63, 3.8) is 0 Å². The van der Waals surface area contributed by atoms with Gasteiger partial charge in [0.15, 0.2) is 0 Å². The third kappa shape index (κ3) is 3.34. The van der Waals surface area contributed by atoms with Gasteiger partial charge >= 0.3 is 0 Å². The van der Waals surface area contributed by atoms with Crippen molar-refractivity contribution in [2.75, 3.05) is 24.5 Å². The number of hydrogen-bond acceptors (Lipinski definition) is 2. The lowest BCUT2D eigenvalue weighted by Crippen LogP contribution is -2.52. The summed E-state index contributed by atoms with van der Waals surface area (Å²) in [6.07, 6.45) is 0.513. The Kier molecular flexibility index (Phi) is 4.20. The molecule has 102 valence electrons. The number of piperazine rings is 1. The second kappa shape index (κ2) is 5.87. The van der Waals surface area contributed by atoms with Gasteiger partial charge < -0.3 is 9.80 Å². The standard InChI is InChI=1S/C15H20N2O2/c1-12(2)10-14(18)16-8-9-17(15(19)11-16)13-6-4-3-5-7-13/h3-7,12H,8-11H2,1-2H3. The van der Waals surface area contributed by atoms with E-state index in [4.69, 9.17) is 0 Å². The van der Waals surface area contributed by atoms with Crippen LogP contribution >= 0.6 is 0 Å². The van der Waals surface area contributed by atoms with Crippen molar-refractivity contribution in [3.8, 4) is 0 Å². The van der Waals surface area contributed by atoms with Crippen LogP contribution in [0.5, 0.6) is 0 Å². The third-order valence-electron chi connectivity index (χ3n) is 3.22. The Labute approximate surface area is 114 Å². The minimum absolute atomic E-state index is 0.00504. The molecule has 19 heavy (non-hydrogen) atoms. The molecule has 0 aliphatic carbocycles. The number of carbonyl (C=O) groups excluding carboxylic acids is 2. The molecular weight excluding hydrogens is 240 g/mol.